The molecular formula is C29H29N5O3. The van der Waals surface area contributed by atoms with Gasteiger partial charge in [0, 0.05) is 41.9 Å². The molecule has 2 aliphatic heterocycles. The van der Waals surface area contributed by atoms with Gasteiger partial charge in [0.15, 0.2) is 5.65 Å². The summed E-state index contributed by atoms with van der Waals surface area (Å²) >= 11 is 0. The van der Waals surface area contributed by atoms with Gasteiger partial charge in [0.25, 0.3) is 0 Å². The van der Waals surface area contributed by atoms with Crippen LogP contribution in [0.25, 0.3) is 28.2 Å². The van der Waals surface area contributed by atoms with Crippen molar-refractivity contribution in [1.82, 2.24) is 24.8 Å². The summed E-state index contributed by atoms with van der Waals surface area (Å²) in [5.74, 6) is 1.41. The minimum atomic E-state index is 0.0102. The van der Waals surface area contributed by atoms with E-state index in [0.717, 1.165) is 65.4 Å². The fourth-order valence-electron chi connectivity index (χ4n) is 5.26. The van der Waals surface area contributed by atoms with E-state index in [1.807, 2.05) is 39.7 Å². The molecule has 8 heteroatoms. The molecule has 2 aliphatic rings. The molecule has 0 bridgehead atoms. The smallest absolute Gasteiger partial charge is 0.245 e. The number of ether oxygens (including phenoxy) is 2. The first-order chi connectivity index (χ1) is 18.1. The molecule has 4 aromatic rings. The molecule has 2 aromatic carbocycles. The van der Waals surface area contributed by atoms with Crippen molar-refractivity contribution in [1.29, 1.82) is 0 Å². The van der Waals surface area contributed by atoms with Gasteiger partial charge in [0.2, 0.25) is 11.8 Å². The number of rotatable bonds is 6. The van der Waals surface area contributed by atoms with Crippen molar-refractivity contribution in [2.75, 3.05) is 26.8 Å². The number of nitrogens with zero attached hydrogens (tertiary/aromatic N) is 4. The highest BCUT2D eigenvalue weighted by Gasteiger charge is 2.30. The van der Waals surface area contributed by atoms with E-state index in [4.69, 9.17) is 14.5 Å². The standard InChI is InChI=1S/C29H29N5O3/c1-3-27(35)33-15-13-21(14-16-33)30-23-18-37-24-17-20(9-10-22(23)24)28-29(19-7-5-4-6-8-19)34-25(31-28)11-12-26(32-34)36-2/h3-12,17,21,23,30H,1,13-16,18H2,2H3/t23-/m0/s1. The zero-order valence-corrected chi connectivity index (χ0v) is 20.8. The molecule has 188 valence electrons. The number of fused-ring (bicyclic) bond motifs is 2. The van der Waals surface area contributed by atoms with Crippen LogP contribution in [0, 0.1) is 0 Å². The van der Waals surface area contributed by atoms with Gasteiger partial charge in [0.1, 0.15) is 18.1 Å². The third kappa shape index (κ3) is 4.34. The summed E-state index contributed by atoms with van der Waals surface area (Å²) < 4.78 is 13.4. The van der Waals surface area contributed by atoms with Gasteiger partial charge >= 0.3 is 0 Å². The summed E-state index contributed by atoms with van der Waals surface area (Å²) in [6.07, 6.45) is 3.23. The second-order valence-electron chi connectivity index (χ2n) is 9.41. The van der Waals surface area contributed by atoms with Crippen molar-refractivity contribution < 1.29 is 14.3 Å². The van der Waals surface area contributed by atoms with Crippen LogP contribution in [0.3, 0.4) is 0 Å². The first kappa shape index (κ1) is 23.2. The number of likely N-dealkylation sites (tertiary alicyclic amines) is 1. The number of carbonyl (C=O) groups excluding carboxylic acids is 1. The van der Waals surface area contributed by atoms with Crippen molar-refractivity contribution in [2.45, 2.75) is 24.9 Å². The molecule has 0 spiro atoms. The van der Waals surface area contributed by atoms with Crippen molar-refractivity contribution in [3.8, 4) is 34.1 Å². The monoisotopic (exact) mass is 495 g/mol. The molecule has 0 saturated carbocycles. The first-order valence-electron chi connectivity index (χ1n) is 12.6. The highest BCUT2D eigenvalue weighted by molar-refractivity contribution is 5.87. The van der Waals surface area contributed by atoms with Crippen LogP contribution in [0.4, 0.5) is 0 Å². The Labute approximate surface area is 215 Å². The van der Waals surface area contributed by atoms with E-state index in [0.29, 0.717) is 18.5 Å². The maximum atomic E-state index is 11.9. The van der Waals surface area contributed by atoms with E-state index in [2.05, 4.69) is 47.3 Å². The molecule has 0 radical (unpaired) electrons. The van der Waals surface area contributed by atoms with Crippen LogP contribution in [0.15, 0.2) is 73.3 Å². The lowest BCUT2D eigenvalue weighted by Gasteiger charge is -2.33. The summed E-state index contributed by atoms with van der Waals surface area (Å²) in [5, 5.41) is 8.40. The van der Waals surface area contributed by atoms with Gasteiger partial charge in [-0.2, -0.15) is 0 Å². The molecule has 8 nitrogen and oxygen atoms in total. The van der Waals surface area contributed by atoms with Crippen LogP contribution in [-0.2, 0) is 4.79 Å². The maximum Gasteiger partial charge on any atom is 0.245 e. The molecular weight excluding hydrogens is 466 g/mol. The molecule has 1 fully saturated rings. The highest BCUT2D eigenvalue weighted by Crippen LogP contribution is 2.39. The number of carbonyl (C=O) groups is 1. The Morgan fingerprint density at radius 3 is 2.68 bits per heavy atom. The maximum absolute atomic E-state index is 11.9. The molecule has 2 aromatic heterocycles. The quantitative estimate of drug-likeness (QED) is 0.403. The normalized spacial score (nSPS) is 17.4. The summed E-state index contributed by atoms with van der Waals surface area (Å²) in [7, 11) is 1.61. The zero-order chi connectivity index (χ0) is 25.4. The van der Waals surface area contributed by atoms with Crippen LogP contribution in [-0.4, -0.2) is 58.3 Å². The third-order valence-electron chi connectivity index (χ3n) is 7.20. The Morgan fingerprint density at radius 1 is 1.11 bits per heavy atom. The predicted octanol–water partition coefficient (Wildman–Crippen LogP) is 4.27. The molecule has 1 atom stereocenters. The second kappa shape index (κ2) is 9.71. The van der Waals surface area contributed by atoms with Crippen molar-refractivity contribution in [3.05, 3.63) is 78.9 Å². The van der Waals surface area contributed by atoms with Crippen molar-refractivity contribution in [2.24, 2.45) is 0 Å². The van der Waals surface area contributed by atoms with E-state index in [1.165, 1.54) is 6.08 Å². The summed E-state index contributed by atoms with van der Waals surface area (Å²) in [5.41, 5.74) is 5.64. The highest BCUT2D eigenvalue weighted by atomic mass is 16.5. The largest absolute Gasteiger partial charge is 0.491 e. The number of methoxy groups -OCH3 is 1. The molecule has 1 amide bonds. The fraction of sp³-hybridized carbons (Fsp3) is 0.276. The van der Waals surface area contributed by atoms with E-state index in [-0.39, 0.29) is 11.9 Å². The van der Waals surface area contributed by atoms with Gasteiger partial charge in [-0.3, -0.25) is 4.79 Å². The van der Waals surface area contributed by atoms with Gasteiger partial charge in [-0.05, 0) is 31.1 Å². The molecule has 0 unspecified atom stereocenters. The number of aromatic nitrogens is 3. The van der Waals surface area contributed by atoms with Crippen molar-refractivity contribution >= 4 is 11.6 Å². The number of hydrogen-bond donors (Lipinski definition) is 1. The third-order valence-corrected chi connectivity index (χ3v) is 7.20. The topological polar surface area (TPSA) is 81.0 Å². The van der Waals surface area contributed by atoms with E-state index >= 15 is 0 Å². The molecule has 4 heterocycles. The van der Waals surface area contributed by atoms with Crippen LogP contribution in [0.5, 0.6) is 11.6 Å². The first-order valence-corrected chi connectivity index (χ1v) is 12.6. The zero-order valence-electron chi connectivity index (χ0n) is 20.8. The minimum absolute atomic E-state index is 0.0102. The number of benzene rings is 2. The fourth-order valence-corrected chi connectivity index (χ4v) is 5.26. The Kier molecular flexibility index (Phi) is 6.10. The van der Waals surface area contributed by atoms with Gasteiger partial charge in [0.05, 0.1) is 18.8 Å². The van der Waals surface area contributed by atoms with Gasteiger partial charge in [-0.1, -0.05) is 49.0 Å². The number of piperidine rings is 1. The Balaban J connectivity index is 1.29. The Bertz CT molecular complexity index is 1460. The van der Waals surface area contributed by atoms with E-state index < -0.39 is 0 Å². The van der Waals surface area contributed by atoms with Crippen molar-refractivity contribution in [3.63, 3.8) is 0 Å². The molecule has 1 N–H and O–H groups in total. The van der Waals surface area contributed by atoms with Gasteiger partial charge in [-0.25, -0.2) is 9.50 Å². The average molecular weight is 496 g/mol. The lowest BCUT2D eigenvalue weighted by molar-refractivity contribution is -0.127. The summed E-state index contributed by atoms with van der Waals surface area (Å²) in [6, 6.07) is 20.7. The molecule has 1 saturated heterocycles. The van der Waals surface area contributed by atoms with Crippen LogP contribution in [0.1, 0.15) is 24.4 Å². The number of amides is 1. The summed E-state index contributed by atoms with van der Waals surface area (Å²) in [6.45, 7) is 5.67. The molecule has 0 aliphatic carbocycles. The van der Waals surface area contributed by atoms with Gasteiger partial charge < -0.3 is 19.7 Å². The Hall–Kier alpha value is -4.17. The predicted molar refractivity (Wildman–Crippen MR) is 142 cm³/mol. The lowest BCUT2D eigenvalue weighted by Crippen LogP contribution is -2.45. The number of hydrogen-bond acceptors (Lipinski definition) is 6. The summed E-state index contributed by atoms with van der Waals surface area (Å²) in [4.78, 5) is 18.7. The lowest BCUT2D eigenvalue weighted by atomic mass is 9.99. The number of nitrogens with one attached hydrogen (secondary N) is 1. The van der Waals surface area contributed by atoms with E-state index in [1.54, 1.807) is 7.11 Å². The average Bonchev–Trinajstić information content (AvgIpc) is 3.54. The number of imidazole rings is 1. The minimum Gasteiger partial charge on any atom is -0.491 e. The van der Waals surface area contributed by atoms with E-state index in [9.17, 15) is 4.79 Å². The van der Waals surface area contributed by atoms with Crippen LogP contribution < -0.4 is 14.8 Å². The molecule has 37 heavy (non-hydrogen) atoms. The Morgan fingerprint density at radius 2 is 1.92 bits per heavy atom. The van der Waals surface area contributed by atoms with Gasteiger partial charge in [-0.15, -0.1) is 5.10 Å². The SMILES string of the molecule is C=CC(=O)N1CCC(N[C@H]2COc3cc(-c4nc5ccc(OC)nn5c4-c4ccccc4)ccc32)CC1. The van der Waals surface area contributed by atoms with Crippen LogP contribution in [0.2, 0.25) is 0 Å². The second-order valence-corrected chi connectivity index (χ2v) is 9.41. The van der Waals surface area contributed by atoms with Crippen LogP contribution >= 0.6 is 0 Å². The molecule has 6 rings (SSSR count).